The number of rotatable bonds is 6. The van der Waals surface area contributed by atoms with Gasteiger partial charge in [0.05, 0.1) is 21.2 Å². The van der Waals surface area contributed by atoms with Crippen LogP contribution >= 0.6 is 15.8 Å². The van der Waals surface area contributed by atoms with Crippen LogP contribution in [0.5, 0.6) is 0 Å². The minimum Gasteiger partial charge on any atom is -0.380 e. The summed E-state index contributed by atoms with van der Waals surface area (Å²) in [6, 6.07) is 0. The minimum absolute atomic E-state index is 0.448. The first kappa shape index (κ1) is 38.1. The van der Waals surface area contributed by atoms with Crippen molar-refractivity contribution in [1.29, 1.82) is 0 Å². The van der Waals surface area contributed by atoms with Crippen LogP contribution in [0.3, 0.4) is 0 Å². The number of halogens is 20. The van der Waals surface area contributed by atoms with Crippen LogP contribution < -0.4 is 21.2 Å². The normalized spacial score (nSPS) is 12.2. The molecule has 1 N–H and O–H groups in total. The van der Waals surface area contributed by atoms with E-state index in [1.54, 1.807) is 0 Å². The van der Waals surface area contributed by atoms with Gasteiger partial charge in [-0.15, -0.1) is 0 Å². The van der Waals surface area contributed by atoms with Gasteiger partial charge in [0.25, 0.3) is 0 Å². The molecule has 4 aromatic rings. The van der Waals surface area contributed by atoms with Crippen LogP contribution in [0.15, 0.2) is 0 Å². The molecule has 4 aromatic carbocycles. The number of hydrogen-bond acceptors (Lipinski definition) is 1. The largest absolute Gasteiger partial charge is 0.380 e. The fourth-order valence-corrected chi connectivity index (χ4v) is 10.8. The van der Waals surface area contributed by atoms with Crippen molar-refractivity contribution in [2.75, 3.05) is 0 Å². The Bertz CT molecular complexity index is 1680. The van der Waals surface area contributed by atoms with Crippen LogP contribution in [0.2, 0.25) is 0 Å². The lowest BCUT2D eigenvalue weighted by atomic mass is 10.3. The molecule has 0 saturated heterocycles. The van der Waals surface area contributed by atoms with Crippen molar-refractivity contribution in [3.63, 3.8) is 0 Å². The van der Waals surface area contributed by atoms with Gasteiger partial charge in [0.1, 0.15) is 5.08 Å². The Labute approximate surface area is 258 Å². The summed E-state index contributed by atoms with van der Waals surface area (Å²) in [7, 11) is -10.8. The predicted molar refractivity (Wildman–Crippen MR) is 128 cm³/mol. The average molecular weight is 774 g/mol. The molecule has 0 unspecified atom stereocenters. The fraction of sp³-hybridized carbons (Fsp3) is 0.0769. The van der Waals surface area contributed by atoms with E-state index in [1.807, 2.05) is 0 Å². The Balaban J connectivity index is 2.40. The Morgan fingerprint density at radius 1 is 0.265 bits per heavy atom. The van der Waals surface area contributed by atoms with Gasteiger partial charge in [-0.3, -0.25) is 0 Å². The van der Waals surface area contributed by atoms with E-state index in [9.17, 15) is 57.8 Å². The zero-order chi connectivity index (χ0) is 37.5. The third kappa shape index (κ3) is 5.48. The zero-order valence-corrected chi connectivity index (χ0v) is 24.2. The molecule has 0 radical (unpaired) electrons. The van der Waals surface area contributed by atoms with Crippen molar-refractivity contribution in [3.05, 3.63) is 116 Å². The van der Waals surface area contributed by atoms with Gasteiger partial charge in [-0.05, 0) is 6.92 Å². The summed E-state index contributed by atoms with van der Waals surface area (Å²) in [5.41, 5.74) is 0. The van der Waals surface area contributed by atoms with Crippen molar-refractivity contribution in [1.82, 2.24) is 0 Å². The van der Waals surface area contributed by atoms with Gasteiger partial charge in [-0.1, -0.05) is 0 Å². The maximum Gasteiger partial charge on any atom is 0.200 e. The van der Waals surface area contributed by atoms with Gasteiger partial charge in [-0.25, -0.2) is 87.8 Å². The molecule has 0 spiro atoms. The topological polar surface area (TPSA) is 20.2 Å². The quantitative estimate of drug-likeness (QED) is 0.0923. The molecular weight excluding hydrogens is 770 g/mol. The molecule has 0 bridgehead atoms. The first-order valence-electron chi connectivity index (χ1n) is 11.8. The molecule has 0 atom stereocenters. The molecule has 0 heterocycles. The maximum absolute atomic E-state index is 15.2. The highest BCUT2D eigenvalue weighted by Gasteiger charge is 2.54. The van der Waals surface area contributed by atoms with Crippen LogP contribution in [-0.2, 0) is 0 Å². The standard InChI is InChI=1S/C26H4F20OP2/c1-26(47,48(22-14(39)6(31)2(27)7(32)15(22)40)23-16(41)8(33)3(28)9(34)17(23)42)49(24-18(43)10(35)4(29)11(36)19(24)44)25-20(45)12(37)5(30)13(38)21(25)46/h47H,1H3. The van der Waals surface area contributed by atoms with Gasteiger partial charge in [0, 0.05) is 15.8 Å². The first-order valence-corrected chi connectivity index (χ1v) is 14.5. The molecule has 4 rings (SSSR count). The molecule has 0 aliphatic heterocycles. The number of benzene rings is 4. The predicted octanol–water partition coefficient (Wildman–Crippen LogP) is 7.70. The van der Waals surface area contributed by atoms with Gasteiger partial charge in [0.2, 0.25) is 23.3 Å². The molecule has 49 heavy (non-hydrogen) atoms. The molecule has 0 amide bonds. The Kier molecular flexibility index (Phi) is 10.0. The Hall–Kier alpha value is -3.70. The van der Waals surface area contributed by atoms with Gasteiger partial charge in [0.15, 0.2) is 93.1 Å². The molecule has 0 aliphatic rings. The van der Waals surface area contributed by atoms with Gasteiger partial charge in [-0.2, -0.15) is 0 Å². The summed E-state index contributed by atoms with van der Waals surface area (Å²) in [4.78, 5) is 0. The van der Waals surface area contributed by atoms with E-state index in [4.69, 9.17) is 0 Å². The van der Waals surface area contributed by atoms with Crippen LogP contribution in [-0.4, -0.2) is 10.2 Å². The van der Waals surface area contributed by atoms with E-state index in [0.717, 1.165) is 0 Å². The van der Waals surface area contributed by atoms with Crippen LogP contribution in [0.4, 0.5) is 87.8 Å². The molecule has 0 fully saturated rings. The van der Waals surface area contributed by atoms with Crippen LogP contribution in [0.25, 0.3) is 0 Å². The minimum atomic E-state index is -5.41. The van der Waals surface area contributed by atoms with Crippen molar-refractivity contribution < 1.29 is 92.9 Å². The first-order chi connectivity index (χ1) is 22.5. The molecular formula is C26H4F20OP2. The van der Waals surface area contributed by atoms with E-state index in [1.165, 1.54) is 0 Å². The van der Waals surface area contributed by atoms with E-state index in [-0.39, 0.29) is 0 Å². The fourth-order valence-electron chi connectivity index (χ4n) is 4.33. The second-order valence-electron chi connectivity index (χ2n) is 9.32. The lowest BCUT2D eigenvalue weighted by Gasteiger charge is -2.41. The highest BCUT2D eigenvalue weighted by atomic mass is 31.2. The third-order valence-corrected chi connectivity index (χ3v) is 12.7. The zero-order valence-electron chi connectivity index (χ0n) is 22.4. The van der Waals surface area contributed by atoms with E-state index < -0.39 is 165 Å². The highest BCUT2D eigenvalue weighted by Crippen LogP contribution is 2.65. The second-order valence-corrected chi connectivity index (χ2v) is 14.5. The van der Waals surface area contributed by atoms with Crippen LogP contribution in [0, 0.1) is 116 Å². The van der Waals surface area contributed by atoms with Crippen molar-refractivity contribution in [3.8, 4) is 0 Å². The molecule has 23 heteroatoms. The summed E-state index contributed by atoms with van der Waals surface area (Å²) in [6.45, 7) is -0.448. The number of hydrogen-bond donors (Lipinski definition) is 1. The average Bonchev–Trinajstić information content (AvgIpc) is 3.06. The summed E-state index contributed by atoms with van der Waals surface area (Å²) < 4.78 is 292. The van der Waals surface area contributed by atoms with Gasteiger partial charge >= 0.3 is 0 Å². The smallest absolute Gasteiger partial charge is 0.200 e. The van der Waals surface area contributed by atoms with Crippen molar-refractivity contribution in [2.45, 2.75) is 12.0 Å². The molecule has 0 aliphatic carbocycles. The summed E-state index contributed by atoms with van der Waals surface area (Å²) in [5, 5.41) is -4.82. The molecule has 264 valence electrons. The molecule has 1 nitrogen and oxygen atoms in total. The summed E-state index contributed by atoms with van der Waals surface area (Å²) in [5.74, 6) is -64.7. The Morgan fingerprint density at radius 2 is 0.367 bits per heavy atom. The van der Waals surface area contributed by atoms with Crippen molar-refractivity contribution >= 4 is 37.1 Å². The molecule has 0 saturated carbocycles. The van der Waals surface area contributed by atoms with E-state index in [2.05, 4.69) is 0 Å². The van der Waals surface area contributed by atoms with E-state index >= 15 is 35.1 Å². The summed E-state index contributed by atoms with van der Waals surface area (Å²) in [6.07, 6.45) is 0. The monoisotopic (exact) mass is 774 g/mol. The second kappa shape index (κ2) is 12.9. The lowest BCUT2D eigenvalue weighted by Crippen LogP contribution is -2.44. The number of aliphatic hydroxyl groups is 1. The summed E-state index contributed by atoms with van der Waals surface area (Å²) >= 11 is 0. The van der Waals surface area contributed by atoms with Crippen LogP contribution in [0.1, 0.15) is 6.92 Å². The lowest BCUT2D eigenvalue weighted by molar-refractivity contribution is 0.241. The van der Waals surface area contributed by atoms with Crippen molar-refractivity contribution in [2.24, 2.45) is 0 Å². The molecule has 0 aromatic heterocycles. The van der Waals surface area contributed by atoms with E-state index in [0.29, 0.717) is 0 Å². The Morgan fingerprint density at radius 3 is 0.490 bits per heavy atom. The van der Waals surface area contributed by atoms with Gasteiger partial charge < -0.3 is 5.11 Å². The third-order valence-electron chi connectivity index (χ3n) is 6.49. The maximum atomic E-state index is 15.2. The highest BCUT2D eigenvalue weighted by molar-refractivity contribution is 7.90. The SMILES string of the molecule is CC(O)(P(c1c(F)c(F)c(F)c(F)c1F)c1c(F)c(F)c(F)c(F)c1F)P(c1c(F)c(F)c(F)c(F)c1F)c1c(F)c(F)c(F)c(F)c1F.